The molecule has 0 unspecified atom stereocenters. The van der Waals surface area contributed by atoms with E-state index in [9.17, 15) is 8.78 Å². The third-order valence-corrected chi connectivity index (χ3v) is 1.15. The third-order valence-electron chi connectivity index (χ3n) is 1.15. The van der Waals surface area contributed by atoms with Crippen molar-refractivity contribution in [3.05, 3.63) is 24.3 Å². The Hall–Kier alpha value is -1.10. The molecule has 0 amide bonds. The second-order valence-corrected chi connectivity index (χ2v) is 1.98. The maximum Gasteiger partial charge on any atom is 0.318 e. The van der Waals surface area contributed by atoms with E-state index in [1.54, 1.807) is 0 Å². The first-order valence-electron chi connectivity index (χ1n) is 3.02. The van der Waals surface area contributed by atoms with E-state index in [0.717, 1.165) is 0 Å². The molecular formula is C6H7F2N3. The maximum absolute atomic E-state index is 12.6. The fraction of sp³-hybridized carbons (Fsp3) is 0.333. The average molecular weight is 159 g/mol. The van der Waals surface area contributed by atoms with Crippen molar-refractivity contribution in [1.29, 1.82) is 0 Å². The number of nitrogens with zero attached hydrogens (tertiary/aromatic N) is 2. The van der Waals surface area contributed by atoms with E-state index in [2.05, 4.69) is 9.97 Å². The first kappa shape index (κ1) is 8.00. The highest BCUT2D eigenvalue weighted by molar-refractivity contribution is 4.97. The molecule has 1 heterocycles. The van der Waals surface area contributed by atoms with Gasteiger partial charge in [-0.25, -0.2) is 9.97 Å². The number of alkyl halides is 2. The summed E-state index contributed by atoms with van der Waals surface area (Å²) in [6.45, 7) is -0.767. The molecule has 0 bridgehead atoms. The lowest BCUT2D eigenvalue weighted by Crippen LogP contribution is -2.27. The highest BCUT2D eigenvalue weighted by Crippen LogP contribution is 2.21. The summed E-state index contributed by atoms with van der Waals surface area (Å²) in [5.41, 5.74) is 4.81. The van der Waals surface area contributed by atoms with Gasteiger partial charge in [0.25, 0.3) is 0 Å². The molecule has 60 valence electrons. The molecule has 0 spiro atoms. The van der Waals surface area contributed by atoms with Crippen LogP contribution >= 0.6 is 0 Å². The van der Waals surface area contributed by atoms with Crippen LogP contribution in [0.5, 0.6) is 0 Å². The Balaban J connectivity index is 2.93. The molecule has 1 aromatic heterocycles. The summed E-state index contributed by atoms with van der Waals surface area (Å²) in [4.78, 5) is 6.76. The number of hydrogen-bond acceptors (Lipinski definition) is 3. The van der Waals surface area contributed by atoms with Crippen LogP contribution in [0, 0.1) is 0 Å². The number of halogens is 2. The minimum Gasteiger partial charge on any atom is -0.325 e. The number of aromatic nitrogens is 2. The number of nitrogens with two attached hydrogens (primary N) is 1. The van der Waals surface area contributed by atoms with E-state index in [4.69, 9.17) is 5.73 Å². The summed E-state index contributed by atoms with van der Waals surface area (Å²) in [5.74, 6) is -3.64. The van der Waals surface area contributed by atoms with Crippen molar-refractivity contribution < 1.29 is 8.78 Å². The zero-order valence-electron chi connectivity index (χ0n) is 5.67. The molecule has 0 saturated heterocycles. The molecule has 11 heavy (non-hydrogen) atoms. The van der Waals surface area contributed by atoms with Crippen LogP contribution in [0.1, 0.15) is 5.82 Å². The first-order chi connectivity index (χ1) is 5.17. The van der Waals surface area contributed by atoms with Crippen LogP contribution < -0.4 is 5.73 Å². The van der Waals surface area contributed by atoms with Crippen molar-refractivity contribution in [2.24, 2.45) is 5.73 Å². The fourth-order valence-corrected chi connectivity index (χ4v) is 0.579. The predicted molar refractivity (Wildman–Crippen MR) is 35.0 cm³/mol. The quantitative estimate of drug-likeness (QED) is 0.684. The molecule has 0 atom stereocenters. The average Bonchev–Trinajstić information content (AvgIpc) is 2.06. The summed E-state index contributed by atoms with van der Waals surface area (Å²) in [5, 5.41) is 0. The SMILES string of the molecule is NCC(F)(F)c1ncccn1. The maximum atomic E-state index is 12.6. The van der Waals surface area contributed by atoms with Gasteiger partial charge in [-0.3, -0.25) is 0 Å². The molecule has 0 aliphatic heterocycles. The molecule has 3 nitrogen and oxygen atoms in total. The summed E-state index contributed by atoms with van der Waals surface area (Å²) in [7, 11) is 0. The Labute approximate surface area is 62.3 Å². The second-order valence-electron chi connectivity index (χ2n) is 1.98. The van der Waals surface area contributed by atoms with E-state index in [0.29, 0.717) is 0 Å². The second kappa shape index (κ2) is 2.87. The summed E-state index contributed by atoms with van der Waals surface area (Å²) < 4.78 is 25.3. The van der Waals surface area contributed by atoms with Gasteiger partial charge in [0.15, 0.2) is 5.82 Å². The van der Waals surface area contributed by atoms with Gasteiger partial charge in [-0.15, -0.1) is 0 Å². The van der Waals surface area contributed by atoms with Crippen LogP contribution in [0.25, 0.3) is 0 Å². The summed E-state index contributed by atoms with van der Waals surface area (Å²) in [6, 6.07) is 1.47. The minimum atomic E-state index is -3.11. The fourth-order valence-electron chi connectivity index (χ4n) is 0.579. The Morgan fingerprint density at radius 2 is 1.91 bits per heavy atom. The van der Waals surface area contributed by atoms with Gasteiger partial charge in [0.05, 0.1) is 6.54 Å². The Morgan fingerprint density at radius 3 is 2.36 bits per heavy atom. The van der Waals surface area contributed by atoms with Crippen LogP contribution in [0.4, 0.5) is 8.78 Å². The first-order valence-corrected chi connectivity index (χ1v) is 3.02. The Morgan fingerprint density at radius 1 is 1.36 bits per heavy atom. The molecule has 1 aromatic rings. The van der Waals surface area contributed by atoms with Gasteiger partial charge >= 0.3 is 5.92 Å². The molecule has 0 fully saturated rings. The molecule has 0 aliphatic carbocycles. The lowest BCUT2D eigenvalue weighted by atomic mass is 10.3. The number of rotatable bonds is 2. The van der Waals surface area contributed by atoms with Crippen molar-refractivity contribution in [1.82, 2.24) is 9.97 Å². The Bertz CT molecular complexity index is 225. The standard InChI is InChI=1S/C6H7F2N3/c7-6(8,4-9)5-10-2-1-3-11-5/h1-3H,4,9H2. The molecule has 5 heteroatoms. The van der Waals surface area contributed by atoms with E-state index in [1.165, 1.54) is 18.5 Å². The van der Waals surface area contributed by atoms with Crippen molar-refractivity contribution >= 4 is 0 Å². The molecule has 0 aromatic carbocycles. The highest BCUT2D eigenvalue weighted by Gasteiger charge is 2.32. The van der Waals surface area contributed by atoms with Gasteiger partial charge in [0.1, 0.15) is 0 Å². The largest absolute Gasteiger partial charge is 0.325 e. The van der Waals surface area contributed by atoms with Gasteiger partial charge in [-0.05, 0) is 6.07 Å². The summed E-state index contributed by atoms with van der Waals surface area (Å²) >= 11 is 0. The van der Waals surface area contributed by atoms with Crippen LogP contribution in [0.15, 0.2) is 18.5 Å². The van der Waals surface area contributed by atoms with Gasteiger partial charge < -0.3 is 5.73 Å². The van der Waals surface area contributed by atoms with Crippen LogP contribution in [-0.2, 0) is 5.92 Å². The third kappa shape index (κ3) is 1.68. The van der Waals surface area contributed by atoms with E-state index >= 15 is 0 Å². The smallest absolute Gasteiger partial charge is 0.318 e. The van der Waals surface area contributed by atoms with E-state index in [-0.39, 0.29) is 0 Å². The van der Waals surface area contributed by atoms with Gasteiger partial charge in [-0.2, -0.15) is 8.78 Å². The Kier molecular flexibility index (Phi) is 2.09. The molecule has 2 N–H and O–H groups in total. The van der Waals surface area contributed by atoms with Crippen molar-refractivity contribution in [2.45, 2.75) is 5.92 Å². The monoisotopic (exact) mass is 159 g/mol. The van der Waals surface area contributed by atoms with E-state index < -0.39 is 18.3 Å². The molecule has 0 aliphatic rings. The van der Waals surface area contributed by atoms with Crippen molar-refractivity contribution in [2.75, 3.05) is 6.54 Å². The van der Waals surface area contributed by atoms with Crippen LogP contribution in [-0.4, -0.2) is 16.5 Å². The molecule has 0 saturated carbocycles. The lowest BCUT2D eigenvalue weighted by molar-refractivity contribution is -0.00355. The predicted octanol–water partition coefficient (Wildman–Crippen LogP) is 0.527. The van der Waals surface area contributed by atoms with Crippen molar-refractivity contribution in [3.8, 4) is 0 Å². The van der Waals surface area contributed by atoms with Crippen LogP contribution in [0.2, 0.25) is 0 Å². The molecule has 0 radical (unpaired) electrons. The lowest BCUT2D eigenvalue weighted by Gasteiger charge is -2.10. The normalized spacial score (nSPS) is 11.5. The zero-order chi connectivity index (χ0) is 8.32. The number of hydrogen-bond donors (Lipinski definition) is 1. The van der Waals surface area contributed by atoms with E-state index in [1.807, 2.05) is 0 Å². The highest BCUT2D eigenvalue weighted by atomic mass is 19.3. The molecule has 1 rings (SSSR count). The van der Waals surface area contributed by atoms with Crippen molar-refractivity contribution in [3.63, 3.8) is 0 Å². The minimum absolute atomic E-state index is 0.525. The molecular weight excluding hydrogens is 152 g/mol. The van der Waals surface area contributed by atoms with Gasteiger partial charge in [-0.1, -0.05) is 0 Å². The van der Waals surface area contributed by atoms with Gasteiger partial charge in [0, 0.05) is 12.4 Å². The zero-order valence-corrected chi connectivity index (χ0v) is 5.67. The van der Waals surface area contributed by atoms with Gasteiger partial charge in [0.2, 0.25) is 0 Å². The topological polar surface area (TPSA) is 51.8 Å². The van der Waals surface area contributed by atoms with Crippen LogP contribution in [0.3, 0.4) is 0 Å². The summed E-state index contributed by atoms with van der Waals surface area (Å²) in [6.07, 6.45) is 2.51.